The fourth-order valence-electron chi connectivity index (χ4n) is 3.36. The summed E-state index contributed by atoms with van der Waals surface area (Å²) in [4.78, 5) is 0. The number of hydrogen-bond acceptors (Lipinski definition) is 4. The van der Waals surface area contributed by atoms with E-state index in [0.29, 0.717) is 19.3 Å². The zero-order valence-corrected chi connectivity index (χ0v) is 11.6. The Kier molecular flexibility index (Phi) is 6.41. The van der Waals surface area contributed by atoms with Gasteiger partial charge in [-0.15, -0.1) is 0 Å². The van der Waals surface area contributed by atoms with Crippen LogP contribution < -0.4 is 10.6 Å². The van der Waals surface area contributed by atoms with Gasteiger partial charge < -0.3 is 20.1 Å². The van der Waals surface area contributed by atoms with Gasteiger partial charge >= 0.3 is 0 Å². The molecule has 2 rings (SSSR count). The minimum absolute atomic E-state index is 0.693. The predicted molar refractivity (Wildman–Crippen MR) is 72.9 cm³/mol. The summed E-state index contributed by atoms with van der Waals surface area (Å²) in [6.45, 7) is 4.38. The molecule has 1 saturated carbocycles. The molecule has 106 valence electrons. The highest BCUT2D eigenvalue weighted by molar-refractivity contribution is 4.93. The lowest BCUT2D eigenvalue weighted by Gasteiger charge is -2.26. The van der Waals surface area contributed by atoms with E-state index in [1.54, 1.807) is 7.11 Å². The maximum Gasteiger partial charge on any atom is 0.0700 e. The van der Waals surface area contributed by atoms with Crippen LogP contribution in [0.3, 0.4) is 0 Å². The number of ether oxygens (including phenoxy) is 2. The van der Waals surface area contributed by atoms with Gasteiger partial charge in [0.25, 0.3) is 0 Å². The van der Waals surface area contributed by atoms with Crippen molar-refractivity contribution in [1.29, 1.82) is 0 Å². The highest BCUT2D eigenvalue weighted by Crippen LogP contribution is 2.31. The van der Waals surface area contributed by atoms with E-state index in [-0.39, 0.29) is 0 Å². The molecule has 2 aliphatic rings. The van der Waals surface area contributed by atoms with Crippen molar-refractivity contribution in [2.75, 3.05) is 40.0 Å². The Bertz CT molecular complexity index is 220. The second-order valence-corrected chi connectivity index (χ2v) is 5.46. The van der Waals surface area contributed by atoms with Gasteiger partial charge in [0.05, 0.1) is 19.8 Å². The molecule has 0 radical (unpaired) electrons. The zero-order valence-electron chi connectivity index (χ0n) is 11.6. The van der Waals surface area contributed by atoms with Gasteiger partial charge in [-0.05, 0) is 38.1 Å². The molecule has 1 aliphatic carbocycles. The van der Waals surface area contributed by atoms with E-state index in [0.717, 1.165) is 25.1 Å². The van der Waals surface area contributed by atoms with Crippen LogP contribution >= 0.6 is 0 Å². The van der Waals surface area contributed by atoms with Gasteiger partial charge in [-0.25, -0.2) is 0 Å². The Hall–Kier alpha value is -0.160. The van der Waals surface area contributed by atoms with Crippen LogP contribution in [0.4, 0.5) is 0 Å². The number of methoxy groups -OCH3 is 1. The van der Waals surface area contributed by atoms with Crippen molar-refractivity contribution in [3.05, 3.63) is 0 Å². The third-order valence-electron chi connectivity index (χ3n) is 4.27. The lowest BCUT2D eigenvalue weighted by molar-refractivity contribution is 0.0703. The first-order chi connectivity index (χ1) is 8.92. The van der Waals surface area contributed by atoms with Crippen LogP contribution in [0.5, 0.6) is 0 Å². The minimum Gasteiger partial charge on any atom is -0.382 e. The summed E-state index contributed by atoms with van der Waals surface area (Å²) in [7, 11) is 1.71. The summed E-state index contributed by atoms with van der Waals surface area (Å²) >= 11 is 0. The van der Waals surface area contributed by atoms with E-state index in [2.05, 4.69) is 10.6 Å². The summed E-state index contributed by atoms with van der Waals surface area (Å²) in [5, 5.41) is 7.34. The van der Waals surface area contributed by atoms with Gasteiger partial charge in [0.1, 0.15) is 0 Å². The first-order valence-electron chi connectivity index (χ1n) is 7.45. The van der Waals surface area contributed by atoms with Crippen LogP contribution in [0, 0.1) is 5.92 Å². The van der Waals surface area contributed by atoms with Crippen molar-refractivity contribution in [2.45, 2.75) is 44.2 Å². The van der Waals surface area contributed by atoms with Crippen LogP contribution in [-0.4, -0.2) is 52.1 Å². The molecule has 0 bridgehead atoms. The monoisotopic (exact) mass is 256 g/mol. The van der Waals surface area contributed by atoms with E-state index in [1.165, 1.54) is 38.6 Å². The number of nitrogens with one attached hydrogen (secondary N) is 2. The van der Waals surface area contributed by atoms with Crippen molar-refractivity contribution >= 4 is 0 Å². The second kappa shape index (κ2) is 8.10. The summed E-state index contributed by atoms with van der Waals surface area (Å²) in [5.74, 6) is 0.839. The molecule has 0 aromatic carbocycles. The van der Waals surface area contributed by atoms with Crippen LogP contribution in [-0.2, 0) is 9.47 Å². The SMILES string of the molecule is COCCOCCNC1CCCC1C1CCCN1. The van der Waals surface area contributed by atoms with Crippen molar-refractivity contribution in [3.8, 4) is 0 Å². The van der Waals surface area contributed by atoms with Gasteiger partial charge in [-0.2, -0.15) is 0 Å². The molecule has 1 heterocycles. The molecule has 2 fully saturated rings. The van der Waals surface area contributed by atoms with Crippen LogP contribution in [0.15, 0.2) is 0 Å². The fourth-order valence-corrected chi connectivity index (χ4v) is 3.36. The quantitative estimate of drug-likeness (QED) is 0.640. The van der Waals surface area contributed by atoms with E-state index in [1.807, 2.05) is 0 Å². The Balaban J connectivity index is 1.59. The third-order valence-corrected chi connectivity index (χ3v) is 4.27. The molecule has 3 atom stereocenters. The molecule has 0 amide bonds. The Morgan fingerprint density at radius 3 is 2.83 bits per heavy atom. The molecule has 3 unspecified atom stereocenters. The molecule has 1 saturated heterocycles. The number of hydrogen-bond donors (Lipinski definition) is 2. The Morgan fingerprint density at radius 2 is 2.06 bits per heavy atom. The minimum atomic E-state index is 0.693. The van der Waals surface area contributed by atoms with Crippen molar-refractivity contribution < 1.29 is 9.47 Å². The van der Waals surface area contributed by atoms with Crippen LogP contribution in [0.1, 0.15) is 32.1 Å². The summed E-state index contributed by atoms with van der Waals surface area (Å²) in [6.07, 6.45) is 6.83. The highest BCUT2D eigenvalue weighted by Gasteiger charge is 2.34. The van der Waals surface area contributed by atoms with Crippen molar-refractivity contribution in [1.82, 2.24) is 10.6 Å². The van der Waals surface area contributed by atoms with Gasteiger partial charge in [-0.3, -0.25) is 0 Å². The molecule has 0 spiro atoms. The Morgan fingerprint density at radius 1 is 1.11 bits per heavy atom. The lowest BCUT2D eigenvalue weighted by Crippen LogP contribution is -2.43. The lowest BCUT2D eigenvalue weighted by atomic mass is 9.93. The molecule has 2 N–H and O–H groups in total. The topological polar surface area (TPSA) is 42.5 Å². The molecule has 4 nitrogen and oxygen atoms in total. The van der Waals surface area contributed by atoms with E-state index >= 15 is 0 Å². The molecule has 4 heteroatoms. The molecule has 1 aliphatic heterocycles. The molecular weight excluding hydrogens is 228 g/mol. The van der Waals surface area contributed by atoms with Crippen molar-refractivity contribution in [2.24, 2.45) is 5.92 Å². The van der Waals surface area contributed by atoms with E-state index in [9.17, 15) is 0 Å². The maximum absolute atomic E-state index is 5.49. The molecular formula is C14H28N2O2. The van der Waals surface area contributed by atoms with Gasteiger partial charge in [0, 0.05) is 25.7 Å². The summed E-state index contributed by atoms with van der Waals surface area (Å²) < 4.78 is 10.4. The average Bonchev–Trinajstić information content (AvgIpc) is 3.03. The Labute approximate surface area is 111 Å². The van der Waals surface area contributed by atoms with Gasteiger partial charge in [0.2, 0.25) is 0 Å². The average molecular weight is 256 g/mol. The second-order valence-electron chi connectivity index (χ2n) is 5.46. The first-order valence-corrected chi connectivity index (χ1v) is 7.45. The fraction of sp³-hybridized carbons (Fsp3) is 1.00. The highest BCUT2D eigenvalue weighted by atomic mass is 16.5. The smallest absolute Gasteiger partial charge is 0.0700 e. The largest absolute Gasteiger partial charge is 0.382 e. The molecule has 0 aromatic rings. The van der Waals surface area contributed by atoms with Crippen LogP contribution in [0.25, 0.3) is 0 Å². The van der Waals surface area contributed by atoms with Crippen molar-refractivity contribution in [3.63, 3.8) is 0 Å². The van der Waals surface area contributed by atoms with Crippen LogP contribution in [0.2, 0.25) is 0 Å². The third kappa shape index (κ3) is 4.19. The summed E-state index contributed by atoms with van der Waals surface area (Å²) in [6, 6.07) is 1.46. The predicted octanol–water partition coefficient (Wildman–Crippen LogP) is 1.16. The summed E-state index contributed by atoms with van der Waals surface area (Å²) in [5.41, 5.74) is 0. The van der Waals surface area contributed by atoms with E-state index in [4.69, 9.17) is 9.47 Å². The first kappa shape index (κ1) is 14.3. The van der Waals surface area contributed by atoms with E-state index < -0.39 is 0 Å². The van der Waals surface area contributed by atoms with Gasteiger partial charge in [0.15, 0.2) is 0 Å². The number of rotatable bonds is 8. The standard InChI is InChI=1S/C14H28N2O2/c1-17-10-11-18-9-8-16-13-5-2-4-12(13)14-6-3-7-15-14/h12-16H,2-11H2,1H3. The molecule has 18 heavy (non-hydrogen) atoms. The maximum atomic E-state index is 5.49. The van der Waals surface area contributed by atoms with Gasteiger partial charge in [-0.1, -0.05) is 6.42 Å². The molecule has 0 aromatic heterocycles. The normalized spacial score (nSPS) is 32.2. The zero-order chi connectivity index (χ0) is 12.6.